The van der Waals surface area contributed by atoms with E-state index in [4.69, 9.17) is 10.5 Å². The van der Waals surface area contributed by atoms with Crippen molar-refractivity contribution in [2.75, 3.05) is 20.2 Å². The van der Waals surface area contributed by atoms with Gasteiger partial charge in [-0.1, -0.05) is 12.7 Å². The fourth-order valence-electron chi connectivity index (χ4n) is 1.45. The number of hydrogen-bond donors (Lipinski definition) is 1. The number of rotatable bonds is 4. The molecule has 0 amide bonds. The molecule has 0 saturated heterocycles. The van der Waals surface area contributed by atoms with Crippen LogP contribution in [0.5, 0.6) is 0 Å². The lowest BCUT2D eigenvalue weighted by molar-refractivity contribution is 0.284. The first-order valence-corrected chi connectivity index (χ1v) is 4.63. The highest BCUT2D eigenvalue weighted by Gasteiger charge is 2.18. The number of nitrogens with zero attached hydrogens (tertiary/aromatic N) is 2. The number of aliphatic imine (C=N–C) groups is 1. The summed E-state index contributed by atoms with van der Waals surface area (Å²) in [5, 5.41) is 0. The van der Waals surface area contributed by atoms with Crippen molar-refractivity contribution in [3.63, 3.8) is 0 Å². The average molecular weight is 195 g/mol. The molecule has 14 heavy (non-hydrogen) atoms. The Bertz CT molecular complexity index is 271. The molecule has 1 heterocycles. The van der Waals surface area contributed by atoms with Crippen LogP contribution in [-0.4, -0.2) is 37.2 Å². The van der Waals surface area contributed by atoms with Gasteiger partial charge in [-0.15, -0.1) is 0 Å². The highest BCUT2D eigenvalue weighted by atomic mass is 16.5. The van der Waals surface area contributed by atoms with Crippen molar-refractivity contribution in [2.45, 2.75) is 13.0 Å². The molecule has 0 saturated carbocycles. The molecule has 0 aromatic carbocycles. The second kappa shape index (κ2) is 4.69. The van der Waals surface area contributed by atoms with Crippen molar-refractivity contribution in [2.24, 2.45) is 10.7 Å². The highest BCUT2D eigenvalue weighted by Crippen LogP contribution is 2.08. The predicted octanol–water partition coefficient (Wildman–Crippen LogP) is 0.721. The normalized spacial score (nSPS) is 21.4. The van der Waals surface area contributed by atoms with Gasteiger partial charge in [-0.3, -0.25) is 0 Å². The Morgan fingerprint density at radius 1 is 1.86 bits per heavy atom. The smallest absolute Gasteiger partial charge is 0.282 e. The van der Waals surface area contributed by atoms with E-state index in [1.807, 2.05) is 26.1 Å². The molecule has 0 bridgehead atoms. The summed E-state index contributed by atoms with van der Waals surface area (Å²) in [6, 6.07) is 0.430. The van der Waals surface area contributed by atoms with Gasteiger partial charge in [0.15, 0.2) is 0 Å². The second-order valence-corrected chi connectivity index (χ2v) is 3.23. The first-order chi connectivity index (χ1) is 6.67. The van der Waals surface area contributed by atoms with Crippen molar-refractivity contribution in [1.29, 1.82) is 0 Å². The number of hydrogen-bond acceptors (Lipinski definition) is 4. The Morgan fingerprint density at radius 2 is 2.57 bits per heavy atom. The fourth-order valence-corrected chi connectivity index (χ4v) is 1.45. The van der Waals surface area contributed by atoms with Crippen molar-refractivity contribution in [3.8, 4) is 0 Å². The third-order valence-electron chi connectivity index (χ3n) is 2.16. The summed E-state index contributed by atoms with van der Waals surface area (Å²) in [5.74, 6) is 0. The minimum Gasteiger partial charge on any atom is -0.463 e. The second-order valence-electron chi connectivity index (χ2n) is 3.23. The van der Waals surface area contributed by atoms with Crippen LogP contribution < -0.4 is 5.73 Å². The summed E-state index contributed by atoms with van der Waals surface area (Å²) >= 11 is 0. The number of likely N-dealkylation sites (N-methyl/N-ethyl adjacent to an activating group) is 1. The molecular formula is C10H17N3O. The molecule has 2 N–H and O–H groups in total. The summed E-state index contributed by atoms with van der Waals surface area (Å²) in [6.45, 7) is 7.09. The standard InChI is InChI=1S/C10H17N3O/c1-4-9(5-2)13(3)6-8-7-14-10(11)12-8/h4-5,8H,1,6-7H2,2-3H3,(H2,11,12)/b9-5+/t8-/m0/s1. The Balaban J connectivity index is 2.48. The lowest BCUT2D eigenvalue weighted by Gasteiger charge is -2.21. The van der Waals surface area contributed by atoms with Gasteiger partial charge in [0, 0.05) is 19.3 Å². The zero-order valence-corrected chi connectivity index (χ0v) is 8.73. The van der Waals surface area contributed by atoms with Gasteiger partial charge in [0.1, 0.15) is 12.6 Å². The van der Waals surface area contributed by atoms with E-state index in [0.29, 0.717) is 12.6 Å². The molecule has 0 aromatic heterocycles. The molecule has 1 aliphatic heterocycles. The molecule has 0 radical (unpaired) electrons. The maximum atomic E-state index is 5.42. The molecule has 1 rings (SSSR count). The molecule has 1 aliphatic rings. The third kappa shape index (κ3) is 2.52. The minimum absolute atomic E-state index is 0.134. The molecule has 78 valence electrons. The summed E-state index contributed by atoms with van der Waals surface area (Å²) in [4.78, 5) is 6.23. The monoisotopic (exact) mass is 195 g/mol. The van der Waals surface area contributed by atoms with Crippen LogP contribution in [0.3, 0.4) is 0 Å². The van der Waals surface area contributed by atoms with Crippen LogP contribution in [0.1, 0.15) is 6.92 Å². The summed E-state index contributed by atoms with van der Waals surface area (Å²) in [7, 11) is 2.00. The molecule has 4 heteroatoms. The van der Waals surface area contributed by atoms with Crippen molar-refractivity contribution < 1.29 is 4.74 Å². The lowest BCUT2D eigenvalue weighted by Crippen LogP contribution is -2.27. The van der Waals surface area contributed by atoms with E-state index < -0.39 is 0 Å². The largest absolute Gasteiger partial charge is 0.463 e. The molecule has 1 atom stereocenters. The SMILES string of the molecule is C=C/C(=C\C)N(C)C[C@H]1COC(N)=N1. The summed E-state index contributed by atoms with van der Waals surface area (Å²) < 4.78 is 5.07. The lowest BCUT2D eigenvalue weighted by atomic mass is 10.3. The van der Waals surface area contributed by atoms with Crippen LogP contribution in [0.2, 0.25) is 0 Å². The van der Waals surface area contributed by atoms with Gasteiger partial charge in [-0.05, 0) is 13.0 Å². The van der Waals surface area contributed by atoms with Crippen molar-refractivity contribution in [3.05, 3.63) is 24.4 Å². The van der Waals surface area contributed by atoms with Crippen LogP contribution in [0, 0.1) is 0 Å². The summed E-state index contributed by atoms with van der Waals surface area (Å²) in [6.07, 6.45) is 3.83. The first kappa shape index (κ1) is 10.6. The van der Waals surface area contributed by atoms with Crippen molar-refractivity contribution in [1.82, 2.24) is 4.90 Å². The molecule has 0 spiro atoms. The fraction of sp³-hybridized carbons (Fsp3) is 0.500. The Kier molecular flexibility index (Phi) is 3.56. The van der Waals surface area contributed by atoms with E-state index in [1.54, 1.807) is 0 Å². The maximum absolute atomic E-state index is 5.42. The number of ether oxygens (including phenoxy) is 1. The van der Waals surface area contributed by atoms with Crippen LogP contribution in [0.4, 0.5) is 0 Å². The third-order valence-corrected chi connectivity index (χ3v) is 2.16. The van der Waals surface area contributed by atoms with Crippen molar-refractivity contribution >= 4 is 6.02 Å². The minimum atomic E-state index is 0.134. The highest BCUT2D eigenvalue weighted by molar-refractivity contribution is 5.73. The molecule has 0 aromatic rings. The van der Waals surface area contributed by atoms with E-state index in [9.17, 15) is 0 Å². The van der Waals surface area contributed by atoms with Crippen LogP contribution in [0.25, 0.3) is 0 Å². The molecule has 0 aliphatic carbocycles. The number of amidine groups is 1. The Labute approximate surface area is 84.7 Å². The zero-order valence-electron chi connectivity index (χ0n) is 8.73. The summed E-state index contributed by atoms with van der Waals surface area (Å²) in [5.41, 5.74) is 6.51. The number of nitrogens with two attached hydrogens (primary N) is 1. The Hall–Kier alpha value is -1.45. The van der Waals surface area contributed by atoms with E-state index in [1.165, 1.54) is 0 Å². The molecule has 0 unspecified atom stereocenters. The van der Waals surface area contributed by atoms with Crippen LogP contribution in [0.15, 0.2) is 29.4 Å². The first-order valence-electron chi connectivity index (χ1n) is 4.63. The quantitative estimate of drug-likeness (QED) is 0.672. The van der Waals surface area contributed by atoms with Gasteiger partial charge in [-0.25, -0.2) is 4.99 Å². The molecular weight excluding hydrogens is 178 g/mol. The Morgan fingerprint density at radius 3 is 3.00 bits per heavy atom. The van der Waals surface area contributed by atoms with Crippen LogP contribution in [-0.2, 0) is 4.74 Å². The van der Waals surface area contributed by atoms with Gasteiger partial charge >= 0.3 is 0 Å². The van der Waals surface area contributed by atoms with Gasteiger partial charge < -0.3 is 15.4 Å². The van der Waals surface area contributed by atoms with Gasteiger partial charge in [-0.2, -0.15) is 0 Å². The van der Waals surface area contributed by atoms with Crippen LogP contribution >= 0.6 is 0 Å². The van der Waals surface area contributed by atoms with Gasteiger partial charge in [0.05, 0.1) is 0 Å². The molecule has 4 nitrogen and oxygen atoms in total. The van der Waals surface area contributed by atoms with E-state index in [-0.39, 0.29) is 6.04 Å². The van der Waals surface area contributed by atoms with E-state index in [0.717, 1.165) is 12.2 Å². The topological polar surface area (TPSA) is 50.9 Å². The van der Waals surface area contributed by atoms with Gasteiger partial charge in [0.2, 0.25) is 0 Å². The van der Waals surface area contributed by atoms with E-state index in [2.05, 4.69) is 16.5 Å². The number of allylic oxidation sites excluding steroid dienone is 2. The average Bonchev–Trinajstić information content (AvgIpc) is 2.53. The van der Waals surface area contributed by atoms with Gasteiger partial charge in [0.25, 0.3) is 6.02 Å². The maximum Gasteiger partial charge on any atom is 0.282 e. The van der Waals surface area contributed by atoms with E-state index >= 15 is 0 Å². The zero-order chi connectivity index (χ0) is 10.6. The molecule has 0 fully saturated rings. The predicted molar refractivity (Wildman–Crippen MR) is 57.9 cm³/mol.